The van der Waals surface area contributed by atoms with Gasteiger partial charge in [-0.15, -0.1) is 0 Å². The fourth-order valence-electron chi connectivity index (χ4n) is 2.62. The van der Waals surface area contributed by atoms with E-state index in [2.05, 4.69) is 15.4 Å². The number of sulfonamides is 1. The SMILES string of the molecule is CCNC(=O)COc1ccc(NC(=O)c2cc(S(=O)(=O)NC3CC3)c(Cl)cc2Cl)cc1. The third-order valence-corrected chi connectivity index (χ3v) is 6.61. The zero-order valence-corrected chi connectivity index (χ0v) is 18.9. The molecule has 2 aromatic rings. The van der Waals surface area contributed by atoms with Crippen LogP contribution in [0.4, 0.5) is 5.69 Å². The van der Waals surface area contributed by atoms with E-state index in [1.807, 2.05) is 6.92 Å². The molecule has 2 amide bonds. The molecule has 31 heavy (non-hydrogen) atoms. The molecule has 0 aliphatic heterocycles. The lowest BCUT2D eigenvalue weighted by Gasteiger charge is -2.12. The van der Waals surface area contributed by atoms with Crippen molar-refractivity contribution in [2.24, 2.45) is 0 Å². The van der Waals surface area contributed by atoms with Crippen LogP contribution in [0.3, 0.4) is 0 Å². The fourth-order valence-corrected chi connectivity index (χ4v) is 4.79. The van der Waals surface area contributed by atoms with Crippen LogP contribution in [-0.4, -0.2) is 39.4 Å². The first-order valence-corrected chi connectivity index (χ1v) is 11.8. The van der Waals surface area contributed by atoms with Crippen molar-refractivity contribution in [3.05, 3.63) is 52.0 Å². The van der Waals surface area contributed by atoms with Crippen LogP contribution in [0.5, 0.6) is 5.75 Å². The number of carbonyl (C=O) groups is 2. The Morgan fingerprint density at radius 1 is 1.10 bits per heavy atom. The van der Waals surface area contributed by atoms with Crippen molar-refractivity contribution in [1.82, 2.24) is 10.0 Å². The molecule has 3 N–H and O–H groups in total. The molecule has 1 saturated carbocycles. The molecule has 0 atom stereocenters. The van der Waals surface area contributed by atoms with Crippen molar-refractivity contribution in [1.29, 1.82) is 0 Å². The number of likely N-dealkylation sites (N-methyl/N-ethyl adjacent to an activating group) is 1. The summed E-state index contributed by atoms with van der Waals surface area (Å²) in [6.45, 7) is 2.20. The number of benzene rings is 2. The highest BCUT2D eigenvalue weighted by atomic mass is 35.5. The van der Waals surface area contributed by atoms with E-state index in [1.54, 1.807) is 24.3 Å². The summed E-state index contributed by atoms with van der Waals surface area (Å²) in [7, 11) is -3.87. The van der Waals surface area contributed by atoms with Gasteiger partial charge >= 0.3 is 0 Å². The molecule has 166 valence electrons. The number of nitrogens with one attached hydrogen (secondary N) is 3. The second-order valence-corrected chi connectivity index (χ2v) is 9.38. The average molecular weight is 486 g/mol. The number of halogens is 2. The van der Waals surface area contributed by atoms with Crippen molar-refractivity contribution in [2.45, 2.75) is 30.7 Å². The van der Waals surface area contributed by atoms with Gasteiger partial charge in [0, 0.05) is 18.3 Å². The first-order chi connectivity index (χ1) is 14.7. The highest BCUT2D eigenvalue weighted by Gasteiger charge is 2.30. The van der Waals surface area contributed by atoms with Gasteiger partial charge in [0.1, 0.15) is 10.6 Å². The Labute approximate surface area is 190 Å². The van der Waals surface area contributed by atoms with E-state index in [-0.39, 0.29) is 39.1 Å². The maximum atomic E-state index is 12.7. The molecule has 0 heterocycles. The summed E-state index contributed by atoms with van der Waals surface area (Å²) in [6.07, 6.45) is 1.53. The summed E-state index contributed by atoms with van der Waals surface area (Å²) in [5.41, 5.74) is 0.403. The van der Waals surface area contributed by atoms with Gasteiger partial charge in [-0.1, -0.05) is 23.2 Å². The van der Waals surface area contributed by atoms with Crippen molar-refractivity contribution < 1.29 is 22.7 Å². The summed E-state index contributed by atoms with van der Waals surface area (Å²) >= 11 is 12.2. The fraction of sp³-hybridized carbons (Fsp3) is 0.300. The van der Waals surface area contributed by atoms with Gasteiger partial charge < -0.3 is 15.4 Å². The van der Waals surface area contributed by atoms with Crippen LogP contribution in [0.2, 0.25) is 10.0 Å². The van der Waals surface area contributed by atoms with Gasteiger partial charge in [-0.05, 0) is 56.2 Å². The van der Waals surface area contributed by atoms with Crippen LogP contribution >= 0.6 is 23.2 Å². The van der Waals surface area contributed by atoms with Gasteiger partial charge in [0.05, 0.1) is 15.6 Å². The molecule has 0 unspecified atom stereocenters. The summed E-state index contributed by atoms with van der Waals surface area (Å²) < 4.78 is 32.9. The first kappa shape index (κ1) is 23.3. The van der Waals surface area contributed by atoms with Crippen LogP contribution in [0.15, 0.2) is 41.3 Å². The van der Waals surface area contributed by atoms with Crippen LogP contribution < -0.4 is 20.1 Å². The minimum atomic E-state index is -3.87. The van der Waals surface area contributed by atoms with Crippen LogP contribution in [0.1, 0.15) is 30.1 Å². The number of ether oxygens (including phenoxy) is 1. The molecule has 2 aromatic carbocycles. The lowest BCUT2D eigenvalue weighted by Crippen LogP contribution is -2.28. The molecule has 3 rings (SSSR count). The summed E-state index contributed by atoms with van der Waals surface area (Å²) in [4.78, 5) is 23.9. The lowest BCUT2D eigenvalue weighted by atomic mass is 10.2. The third-order valence-electron chi connectivity index (χ3n) is 4.31. The van der Waals surface area contributed by atoms with E-state index in [1.165, 1.54) is 6.07 Å². The minimum Gasteiger partial charge on any atom is -0.484 e. The largest absolute Gasteiger partial charge is 0.484 e. The molecule has 0 bridgehead atoms. The molecule has 1 aliphatic rings. The van der Waals surface area contributed by atoms with E-state index < -0.39 is 15.9 Å². The predicted octanol–water partition coefficient (Wildman–Crippen LogP) is 3.20. The van der Waals surface area contributed by atoms with Crippen molar-refractivity contribution in [3.63, 3.8) is 0 Å². The Kier molecular flexibility index (Phi) is 7.42. The predicted molar refractivity (Wildman–Crippen MR) is 118 cm³/mol. The van der Waals surface area contributed by atoms with Crippen molar-refractivity contribution in [3.8, 4) is 5.75 Å². The second kappa shape index (κ2) is 9.86. The van der Waals surface area contributed by atoms with Crippen LogP contribution in [0, 0.1) is 0 Å². The molecule has 8 nitrogen and oxygen atoms in total. The lowest BCUT2D eigenvalue weighted by molar-refractivity contribution is -0.122. The van der Waals surface area contributed by atoms with Gasteiger partial charge in [-0.3, -0.25) is 9.59 Å². The quantitative estimate of drug-likeness (QED) is 0.504. The Hall–Kier alpha value is -2.33. The van der Waals surface area contributed by atoms with Gasteiger partial charge in [0.2, 0.25) is 10.0 Å². The Morgan fingerprint density at radius 3 is 2.39 bits per heavy atom. The van der Waals surface area contributed by atoms with Gasteiger partial charge in [0.25, 0.3) is 11.8 Å². The molecule has 0 saturated heterocycles. The molecule has 11 heteroatoms. The van der Waals surface area contributed by atoms with E-state index in [9.17, 15) is 18.0 Å². The molecule has 1 aliphatic carbocycles. The highest BCUT2D eigenvalue weighted by molar-refractivity contribution is 7.89. The molecular weight excluding hydrogens is 465 g/mol. The average Bonchev–Trinajstić information content (AvgIpc) is 3.50. The first-order valence-electron chi connectivity index (χ1n) is 9.52. The third kappa shape index (κ3) is 6.33. The summed E-state index contributed by atoms with van der Waals surface area (Å²) in [5, 5.41) is 5.22. The van der Waals surface area contributed by atoms with Crippen molar-refractivity contribution >= 4 is 50.7 Å². The maximum absolute atomic E-state index is 12.7. The summed E-state index contributed by atoms with van der Waals surface area (Å²) in [5.74, 6) is -0.381. The second-order valence-electron chi connectivity index (χ2n) is 6.88. The molecule has 0 radical (unpaired) electrons. The molecular formula is C20H21Cl2N3O5S. The maximum Gasteiger partial charge on any atom is 0.257 e. The zero-order chi connectivity index (χ0) is 22.6. The van der Waals surface area contributed by atoms with Crippen LogP contribution in [-0.2, 0) is 14.8 Å². The molecule has 0 aromatic heterocycles. The highest BCUT2D eigenvalue weighted by Crippen LogP contribution is 2.31. The number of carbonyl (C=O) groups excluding carboxylic acids is 2. The Balaban J connectivity index is 1.71. The van der Waals surface area contributed by atoms with E-state index in [0.717, 1.165) is 18.9 Å². The Morgan fingerprint density at radius 2 is 1.77 bits per heavy atom. The molecule has 0 spiro atoms. The standard InChI is InChI=1S/C20H21Cl2N3O5S/c1-2-23-19(26)11-30-14-7-5-12(6-8-14)24-20(27)15-9-18(17(22)10-16(15)21)31(28,29)25-13-3-4-13/h5-10,13,25H,2-4,11H2,1H3,(H,23,26)(H,24,27). The number of amides is 2. The number of rotatable bonds is 9. The van der Waals surface area contributed by atoms with Crippen molar-refractivity contribution in [2.75, 3.05) is 18.5 Å². The van der Waals surface area contributed by atoms with Gasteiger partial charge in [0.15, 0.2) is 6.61 Å². The smallest absolute Gasteiger partial charge is 0.257 e. The van der Waals surface area contributed by atoms with Crippen LogP contribution in [0.25, 0.3) is 0 Å². The number of hydrogen-bond acceptors (Lipinski definition) is 5. The number of hydrogen-bond donors (Lipinski definition) is 3. The minimum absolute atomic E-state index is 0.0229. The van der Waals surface area contributed by atoms with E-state index in [0.29, 0.717) is 18.0 Å². The monoisotopic (exact) mass is 485 g/mol. The normalized spacial score (nSPS) is 13.5. The Bertz CT molecular complexity index is 1090. The van der Waals surface area contributed by atoms with E-state index >= 15 is 0 Å². The summed E-state index contributed by atoms with van der Waals surface area (Å²) in [6, 6.07) is 8.64. The molecule has 1 fully saturated rings. The van der Waals surface area contributed by atoms with Gasteiger partial charge in [-0.2, -0.15) is 0 Å². The number of anilines is 1. The zero-order valence-electron chi connectivity index (χ0n) is 16.6. The topological polar surface area (TPSA) is 114 Å². The van der Waals surface area contributed by atoms with Gasteiger partial charge in [-0.25, -0.2) is 13.1 Å². The van der Waals surface area contributed by atoms with E-state index in [4.69, 9.17) is 27.9 Å².